The van der Waals surface area contributed by atoms with E-state index in [4.69, 9.17) is 4.74 Å². The highest BCUT2D eigenvalue weighted by molar-refractivity contribution is 5.41. The molecule has 4 heteroatoms. The molecule has 2 aromatic rings. The Kier molecular flexibility index (Phi) is 4.35. The van der Waals surface area contributed by atoms with Crippen LogP contribution in [0.2, 0.25) is 0 Å². The molecular weight excluding hydrogens is 260 g/mol. The summed E-state index contributed by atoms with van der Waals surface area (Å²) in [6.45, 7) is 1.87. The molecule has 20 heavy (non-hydrogen) atoms. The summed E-state index contributed by atoms with van der Waals surface area (Å²) in [5.74, 6) is -0.594. The molecule has 0 saturated heterocycles. The SMILES string of the molecule is CNC(c1cc(F)ccc1C)c1cccc(OC)c1F. The summed E-state index contributed by atoms with van der Waals surface area (Å²) in [5.41, 5.74) is 2.04. The zero-order chi connectivity index (χ0) is 14.7. The number of benzene rings is 2. The summed E-state index contributed by atoms with van der Waals surface area (Å²) in [5, 5.41) is 3.03. The molecule has 0 fully saturated rings. The van der Waals surface area contributed by atoms with Crippen molar-refractivity contribution in [3.8, 4) is 5.75 Å². The Hall–Kier alpha value is -1.94. The average molecular weight is 277 g/mol. The van der Waals surface area contributed by atoms with Crippen molar-refractivity contribution in [2.24, 2.45) is 0 Å². The van der Waals surface area contributed by atoms with Gasteiger partial charge in [-0.3, -0.25) is 0 Å². The van der Waals surface area contributed by atoms with E-state index >= 15 is 0 Å². The van der Waals surface area contributed by atoms with E-state index in [-0.39, 0.29) is 11.6 Å². The lowest BCUT2D eigenvalue weighted by Crippen LogP contribution is -2.20. The molecule has 0 amide bonds. The number of halogens is 2. The maximum atomic E-state index is 14.4. The first kappa shape index (κ1) is 14.5. The average Bonchev–Trinajstić information content (AvgIpc) is 2.45. The van der Waals surface area contributed by atoms with Crippen molar-refractivity contribution in [1.82, 2.24) is 5.32 Å². The van der Waals surface area contributed by atoms with E-state index in [9.17, 15) is 8.78 Å². The fourth-order valence-corrected chi connectivity index (χ4v) is 2.31. The van der Waals surface area contributed by atoms with Crippen LogP contribution in [0.1, 0.15) is 22.7 Å². The second kappa shape index (κ2) is 6.01. The highest BCUT2D eigenvalue weighted by Gasteiger charge is 2.20. The van der Waals surface area contributed by atoms with E-state index in [1.165, 1.54) is 19.2 Å². The van der Waals surface area contributed by atoms with E-state index in [0.717, 1.165) is 5.56 Å². The van der Waals surface area contributed by atoms with Gasteiger partial charge >= 0.3 is 0 Å². The van der Waals surface area contributed by atoms with Gasteiger partial charge in [0.25, 0.3) is 0 Å². The van der Waals surface area contributed by atoms with Crippen molar-refractivity contribution in [3.05, 3.63) is 64.7 Å². The number of methoxy groups -OCH3 is 1. The number of ether oxygens (including phenoxy) is 1. The maximum absolute atomic E-state index is 14.4. The van der Waals surface area contributed by atoms with Crippen molar-refractivity contribution < 1.29 is 13.5 Å². The third-order valence-corrected chi connectivity index (χ3v) is 3.37. The quantitative estimate of drug-likeness (QED) is 0.922. The summed E-state index contributed by atoms with van der Waals surface area (Å²) >= 11 is 0. The first-order valence-electron chi connectivity index (χ1n) is 6.34. The van der Waals surface area contributed by atoms with Gasteiger partial charge in [0.05, 0.1) is 13.2 Å². The van der Waals surface area contributed by atoms with Crippen molar-refractivity contribution in [2.45, 2.75) is 13.0 Å². The summed E-state index contributed by atoms with van der Waals surface area (Å²) in [4.78, 5) is 0. The fourth-order valence-electron chi connectivity index (χ4n) is 2.31. The minimum Gasteiger partial charge on any atom is -0.494 e. The largest absolute Gasteiger partial charge is 0.494 e. The monoisotopic (exact) mass is 277 g/mol. The second-order valence-electron chi connectivity index (χ2n) is 4.59. The molecule has 0 bridgehead atoms. The fraction of sp³-hybridized carbons (Fsp3) is 0.250. The summed E-state index contributed by atoms with van der Waals surface area (Å²) in [6.07, 6.45) is 0. The van der Waals surface area contributed by atoms with E-state index < -0.39 is 11.9 Å². The molecule has 106 valence electrons. The Bertz CT molecular complexity index is 613. The molecule has 1 unspecified atom stereocenters. The van der Waals surface area contributed by atoms with Gasteiger partial charge in [0, 0.05) is 5.56 Å². The molecule has 2 aromatic carbocycles. The van der Waals surface area contributed by atoms with Gasteiger partial charge in [-0.1, -0.05) is 18.2 Å². The Labute approximate surface area is 117 Å². The predicted octanol–water partition coefficient (Wildman–Crippen LogP) is 3.59. The lowest BCUT2D eigenvalue weighted by atomic mass is 9.94. The zero-order valence-corrected chi connectivity index (χ0v) is 11.7. The zero-order valence-electron chi connectivity index (χ0n) is 11.7. The van der Waals surface area contributed by atoms with Crippen LogP contribution in [0.5, 0.6) is 5.75 Å². The summed E-state index contributed by atoms with van der Waals surface area (Å²) < 4.78 is 32.8. The summed E-state index contributed by atoms with van der Waals surface area (Å²) in [7, 11) is 3.14. The van der Waals surface area contributed by atoms with Crippen molar-refractivity contribution in [3.63, 3.8) is 0 Å². The third-order valence-electron chi connectivity index (χ3n) is 3.37. The van der Waals surface area contributed by atoms with Crippen LogP contribution in [0.3, 0.4) is 0 Å². The van der Waals surface area contributed by atoms with E-state index in [2.05, 4.69) is 5.32 Å². The predicted molar refractivity (Wildman–Crippen MR) is 75.0 cm³/mol. The standard InChI is InChI=1S/C16H17F2NO/c1-10-7-8-11(17)9-13(10)16(19-2)12-5-4-6-14(20-3)15(12)18/h4-9,16,19H,1-3H3. The van der Waals surface area contributed by atoms with Gasteiger partial charge in [-0.05, 0) is 43.3 Å². The topological polar surface area (TPSA) is 21.3 Å². The van der Waals surface area contributed by atoms with Crippen LogP contribution < -0.4 is 10.1 Å². The van der Waals surface area contributed by atoms with Crippen LogP contribution in [0, 0.1) is 18.6 Å². The van der Waals surface area contributed by atoms with Crippen LogP contribution in [-0.4, -0.2) is 14.2 Å². The van der Waals surface area contributed by atoms with Gasteiger partial charge in [-0.2, -0.15) is 0 Å². The Morgan fingerprint density at radius 1 is 1.10 bits per heavy atom. The van der Waals surface area contributed by atoms with E-state index in [1.807, 2.05) is 6.92 Å². The number of aryl methyl sites for hydroxylation is 1. The molecule has 2 nitrogen and oxygen atoms in total. The molecule has 0 aromatic heterocycles. The molecule has 0 aliphatic rings. The third kappa shape index (κ3) is 2.65. The summed E-state index contributed by atoms with van der Waals surface area (Å²) in [6, 6.07) is 9.03. The van der Waals surface area contributed by atoms with Gasteiger partial charge in [0.15, 0.2) is 11.6 Å². The van der Waals surface area contributed by atoms with Gasteiger partial charge < -0.3 is 10.1 Å². The molecule has 0 spiro atoms. The number of rotatable bonds is 4. The van der Waals surface area contributed by atoms with Crippen LogP contribution in [0.4, 0.5) is 8.78 Å². The van der Waals surface area contributed by atoms with Gasteiger partial charge in [0.2, 0.25) is 0 Å². The maximum Gasteiger partial charge on any atom is 0.170 e. The second-order valence-corrected chi connectivity index (χ2v) is 4.59. The first-order valence-corrected chi connectivity index (χ1v) is 6.34. The van der Waals surface area contributed by atoms with Gasteiger partial charge in [0.1, 0.15) is 5.82 Å². The Morgan fingerprint density at radius 3 is 2.50 bits per heavy atom. The van der Waals surface area contributed by atoms with Crippen molar-refractivity contribution in [1.29, 1.82) is 0 Å². The van der Waals surface area contributed by atoms with Gasteiger partial charge in [-0.25, -0.2) is 8.78 Å². The molecule has 1 atom stereocenters. The van der Waals surface area contributed by atoms with Crippen LogP contribution in [-0.2, 0) is 0 Å². The van der Waals surface area contributed by atoms with Gasteiger partial charge in [-0.15, -0.1) is 0 Å². The molecule has 1 N–H and O–H groups in total. The number of hydrogen-bond acceptors (Lipinski definition) is 2. The molecule has 0 radical (unpaired) electrons. The first-order chi connectivity index (χ1) is 9.58. The normalized spacial score (nSPS) is 12.2. The highest BCUT2D eigenvalue weighted by atomic mass is 19.1. The molecule has 2 rings (SSSR count). The lowest BCUT2D eigenvalue weighted by Gasteiger charge is -2.21. The van der Waals surface area contributed by atoms with E-state index in [0.29, 0.717) is 11.1 Å². The Balaban J connectivity index is 2.55. The molecule has 0 saturated carbocycles. The number of hydrogen-bond donors (Lipinski definition) is 1. The van der Waals surface area contributed by atoms with Crippen molar-refractivity contribution >= 4 is 0 Å². The minimum absolute atomic E-state index is 0.178. The highest BCUT2D eigenvalue weighted by Crippen LogP contribution is 2.30. The van der Waals surface area contributed by atoms with Crippen molar-refractivity contribution in [2.75, 3.05) is 14.2 Å². The lowest BCUT2D eigenvalue weighted by molar-refractivity contribution is 0.382. The smallest absolute Gasteiger partial charge is 0.170 e. The van der Waals surface area contributed by atoms with Crippen LogP contribution in [0.25, 0.3) is 0 Å². The molecule has 0 aliphatic heterocycles. The molecule has 0 aliphatic carbocycles. The Morgan fingerprint density at radius 2 is 1.85 bits per heavy atom. The number of nitrogens with one attached hydrogen (secondary N) is 1. The van der Waals surface area contributed by atoms with Crippen LogP contribution in [0.15, 0.2) is 36.4 Å². The van der Waals surface area contributed by atoms with Crippen LogP contribution >= 0.6 is 0 Å². The minimum atomic E-state index is -0.432. The molecular formula is C16H17F2NO. The molecule has 0 heterocycles. The van der Waals surface area contributed by atoms with E-state index in [1.54, 1.807) is 31.3 Å².